The lowest BCUT2D eigenvalue weighted by atomic mass is 9.76. The average Bonchev–Trinajstić information content (AvgIpc) is 2.95. The minimum Gasteiger partial charge on any atom is -0.336 e. The Morgan fingerprint density at radius 1 is 1.17 bits per heavy atom. The lowest BCUT2D eigenvalue weighted by Crippen LogP contribution is -2.52. The molecule has 1 saturated carbocycles. The number of aromatic nitrogens is 2. The molecule has 0 atom stereocenters. The van der Waals surface area contributed by atoms with Gasteiger partial charge in [-0.05, 0) is 74.9 Å². The van der Waals surface area contributed by atoms with Crippen molar-refractivity contribution < 1.29 is 9.18 Å². The summed E-state index contributed by atoms with van der Waals surface area (Å²) in [5, 5.41) is 4.72. The highest BCUT2D eigenvalue weighted by molar-refractivity contribution is 5.77. The zero-order valence-electron chi connectivity index (χ0n) is 17.1. The van der Waals surface area contributed by atoms with Gasteiger partial charge in [0, 0.05) is 19.0 Å². The second kappa shape index (κ2) is 7.56. The summed E-state index contributed by atoms with van der Waals surface area (Å²) in [4.78, 5) is 17.5. The molecule has 3 aliphatic rings. The van der Waals surface area contributed by atoms with Crippen LogP contribution in [0.15, 0.2) is 24.3 Å². The van der Waals surface area contributed by atoms with Crippen LogP contribution in [0.1, 0.15) is 48.2 Å². The minimum atomic E-state index is -0.225. The number of amides is 1. The van der Waals surface area contributed by atoms with E-state index in [9.17, 15) is 9.18 Å². The van der Waals surface area contributed by atoms with Crippen LogP contribution in [0.3, 0.4) is 0 Å². The summed E-state index contributed by atoms with van der Waals surface area (Å²) in [5.41, 5.74) is 4.48. The van der Waals surface area contributed by atoms with Gasteiger partial charge in [0.25, 0.3) is 0 Å². The van der Waals surface area contributed by atoms with E-state index in [2.05, 4.69) is 4.90 Å². The van der Waals surface area contributed by atoms with E-state index < -0.39 is 0 Å². The fourth-order valence-electron chi connectivity index (χ4n) is 5.03. The summed E-state index contributed by atoms with van der Waals surface area (Å²) in [6, 6.07) is 7.31. The molecule has 0 unspecified atom stereocenters. The molecule has 29 heavy (non-hydrogen) atoms. The summed E-state index contributed by atoms with van der Waals surface area (Å²) in [6.07, 6.45) is 5.27. The second-order valence-corrected chi connectivity index (χ2v) is 8.94. The molecule has 6 heteroatoms. The third-order valence-corrected chi connectivity index (χ3v) is 7.02. The molecule has 1 aromatic heterocycles. The number of hydrogen-bond donors (Lipinski definition) is 0. The van der Waals surface area contributed by atoms with Gasteiger partial charge in [-0.15, -0.1) is 0 Å². The van der Waals surface area contributed by atoms with Gasteiger partial charge in [-0.2, -0.15) is 5.10 Å². The first-order valence-corrected chi connectivity index (χ1v) is 10.9. The van der Waals surface area contributed by atoms with E-state index in [1.807, 2.05) is 16.5 Å². The summed E-state index contributed by atoms with van der Waals surface area (Å²) in [6.45, 7) is 6.57. The quantitative estimate of drug-likeness (QED) is 0.780. The van der Waals surface area contributed by atoms with Gasteiger partial charge in [0.15, 0.2) is 0 Å². The topological polar surface area (TPSA) is 41.4 Å². The van der Waals surface area contributed by atoms with Crippen LogP contribution >= 0.6 is 0 Å². The van der Waals surface area contributed by atoms with Crippen molar-refractivity contribution in [2.24, 2.45) is 5.92 Å². The molecule has 1 aromatic carbocycles. The van der Waals surface area contributed by atoms with Crippen molar-refractivity contribution in [1.29, 1.82) is 0 Å². The third-order valence-electron chi connectivity index (χ3n) is 7.02. The fourth-order valence-corrected chi connectivity index (χ4v) is 5.03. The molecule has 5 rings (SSSR count). The van der Waals surface area contributed by atoms with Crippen molar-refractivity contribution in [2.45, 2.75) is 58.2 Å². The van der Waals surface area contributed by atoms with Crippen molar-refractivity contribution >= 4 is 5.91 Å². The van der Waals surface area contributed by atoms with Crippen LogP contribution in [0.25, 0.3) is 0 Å². The average molecular weight is 397 g/mol. The molecule has 5 nitrogen and oxygen atoms in total. The molecular formula is C23H29FN4O. The van der Waals surface area contributed by atoms with Gasteiger partial charge in [0.2, 0.25) is 5.91 Å². The molecule has 2 aromatic rings. The van der Waals surface area contributed by atoms with E-state index in [1.54, 1.807) is 12.1 Å². The number of rotatable bonds is 5. The van der Waals surface area contributed by atoms with E-state index in [4.69, 9.17) is 5.10 Å². The Bertz CT molecular complexity index is 896. The van der Waals surface area contributed by atoms with Gasteiger partial charge in [0.1, 0.15) is 5.82 Å². The number of aryl methyl sites for hydroxylation is 1. The van der Waals surface area contributed by atoms with Crippen LogP contribution in [0, 0.1) is 18.7 Å². The second-order valence-electron chi connectivity index (χ2n) is 8.94. The standard InChI is InChI=1S/C23H29FN4O/c1-16-21-7-10-27(23(29)13-18-11-20(12-18)26-8-2-9-26)15-22(21)28(25-16)14-17-3-5-19(24)6-4-17/h3-6,18,20H,2,7-15H2,1H3. The third kappa shape index (κ3) is 3.70. The normalized spacial score (nSPS) is 24.0. The maximum atomic E-state index is 13.2. The number of likely N-dealkylation sites (tertiary alicyclic amines) is 1. The first-order chi connectivity index (χ1) is 14.1. The maximum absolute atomic E-state index is 13.2. The predicted molar refractivity (Wildman–Crippen MR) is 109 cm³/mol. The summed E-state index contributed by atoms with van der Waals surface area (Å²) >= 11 is 0. The molecule has 0 radical (unpaired) electrons. The van der Waals surface area contributed by atoms with Crippen LogP contribution in [0.5, 0.6) is 0 Å². The molecule has 2 fully saturated rings. The zero-order valence-corrected chi connectivity index (χ0v) is 17.1. The van der Waals surface area contributed by atoms with Crippen LogP contribution in [0.2, 0.25) is 0 Å². The van der Waals surface area contributed by atoms with Crippen molar-refractivity contribution in [3.05, 3.63) is 52.6 Å². The van der Waals surface area contributed by atoms with Crippen molar-refractivity contribution in [2.75, 3.05) is 19.6 Å². The maximum Gasteiger partial charge on any atom is 0.223 e. The van der Waals surface area contributed by atoms with Gasteiger partial charge < -0.3 is 9.80 Å². The number of nitrogens with zero attached hydrogens (tertiary/aromatic N) is 4. The van der Waals surface area contributed by atoms with Crippen molar-refractivity contribution in [1.82, 2.24) is 19.6 Å². The molecular weight excluding hydrogens is 367 g/mol. The number of halogens is 1. The molecule has 0 spiro atoms. The molecule has 0 N–H and O–H groups in total. The highest BCUT2D eigenvalue weighted by Gasteiger charge is 2.37. The van der Waals surface area contributed by atoms with E-state index >= 15 is 0 Å². The van der Waals surface area contributed by atoms with E-state index in [1.165, 1.54) is 50.0 Å². The largest absolute Gasteiger partial charge is 0.336 e. The first kappa shape index (κ1) is 18.8. The predicted octanol–water partition coefficient (Wildman–Crippen LogP) is 3.14. The molecule has 3 heterocycles. The van der Waals surface area contributed by atoms with E-state index in [0.29, 0.717) is 25.4 Å². The van der Waals surface area contributed by atoms with Crippen LogP contribution in [0.4, 0.5) is 4.39 Å². The monoisotopic (exact) mass is 396 g/mol. The SMILES string of the molecule is Cc1nn(Cc2ccc(F)cc2)c2c1CCN(C(=O)CC1CC(N3CCC3)C1)C2. The summed E-state index contributed by atoms with van der Waals surface area (Å²) in [7, 11) is 0. The lowest BCUT2D eigenvalue weighted by molar-refractivity contribution is -0.134. The van der Waals surface area contributed by atoms with E-state index in [-0.39, 0.29) is 11.7 Å². The number of carbonyl (C=O) groups is 1. The zero-order chi connectivity index (χ0) is 20.0. The summed E-state index contributed by atoms with van der Waals surface area (Å²) in [5.74, 6) is 0.617. The highest BCUT2D eigenvalue weighted by atomic mass is 19.1. The van der Waals surface area contributed by atoms with Gasteiger partial charge in [-0.3, -0.25) is 9.48 Å². The Labute approximate surface area is 171 Å². The number of benzene rings is 1. The van der Waals surface area contributed by atoms with Crippen LogP contribution in [-0.4, -0.2) is 51.2 Å². The van der Waals surface area contributed by atoms with Crippen LogP contribution in [-0.2, 0) is 24.3 Å². The highest BCUT2D eigenvalue weighted by Crippen LogP contribution is 2.37. The lowest BCUT2D eigenvalue weighted by Gasteiger charge is -2.47. The summed E-state index contributed by atoms with van der Waals surface area (Å²) < 4.78 is 15.2. The first-order valence-electron chi connectivity index (χ1n) is 10.9. The Kier molecular flexibility index (Phi) is 4.90. The fraction of sp³-hybridized carbons (Fsp3) is 0.565. The Hall–Kier alpha value is -2.21. The van der Waals surface area contributed by atoms with Gasteiger partial charge in [0.05, 0.1) is 24.5 Å². The molecule has 2 aliphatic heterocycles. The Morgan fingerprint density at radius 3 is 2.62 bits per heavy atom. The molecule has 1 aliphatic carbocycles. The van der Waals surface area contributed by atoms with Crippen LogP contribution < -0.4 is 0 Å². The van der Waals surface area contributed by atoms with Gasteiger partial charge in [-0.25, -0.2) is 4.39 Å². The van der Waals surface area contributed by atoms with E-state index in [0.717, 1.165) is 36.0 Å². The Balaban J connectivity index is 1.22. The van der Waals surface area contributed by atoms with Gasteiger partial charge >= 0.3 is 0 Å². The Morgan fingerprint density at radius 2 is 1.93 bits per heavy atom. The number of carbonyl (C=O) groups excluding carboxylic acids is 1. The molecule has 1 saturated heterocycles. The number of fused-ring (bicyclic) bond motifs is 1. The number of hydrogen-bond acceptors (Lipinski definition) is 3. The van der Waals surface area contributed by atoms with Crippen molar-refractivity contribution in [3.63, 3.8) is 0 Å². The molecule has 1 amide bonds. The molecule has 0 bridgehead atoms. The van der Waals surface area contributed by atoms with Crippen molar-refractivity contribution in [3.8, 4) is 0 Å². The molecule has 154 valence electrons. The smallest absolute Gasteiger partial charge is 0.223 e. The minimum absolute atomic E-state index is 0.225. The van der Waals surface area contributed by atoms with Gasteiger partial charge in [-0.1, -0.05) is 12.1 Å².